The number of aromatic nitrogens is 1. The molecule has 0 saturated heterocycles. The largest absolute Gasteiger partial charge is 0.497 e. The van der Waals surface area contributed by atoms with E-state index in [1.807, 2.05) is 36.4 Å². The van der Waals surface area contributed by atoms with Crippen molar-refractivity contribution in [1.82, 2.24) is 4.98 Å². The predicted octanol–water partition coefficient (Wildman–Crippen LogP) is 3.37. The van der Waals surface area contributed by atoms with Gasteiger partial charge in [-0.2, -0.15) is 0 Å². The third-order valence-corrected chi connectivity index (χ3v) is 5.08. The highest BCUT2D eigenvalue weighted by Gasteiger charge is 2.30. The van der Waals surface area contributed by atoms with E-state index >= 15 is 0 Å². The van der Waals surface area contributed by atoms with E-state index < -0.39 is 5.92 Å². The molecule has 2 N–H and O–H groups in total. The summed E-state index contributed by atoms with van der Waals surface area (Å²) in [5, 5.41) is 6.16. The number of thiazole rings is 1. The highest BCUT2D eigenvalue weighted by molar-refractivity contribution is 7.22. The van der Waals surface area contributed by atoms with Crippen LogP contribution in [0, 0.1) is 0 Å². The summed E-state index contributed by atoms with van der Waals surface area (Å²) in [4.78, 5) is 29.0. The lowest BCUT2D eigenvalue weighted by molar-refractivity contribution is -0.123. The van der Waals surface area contributed by atoms with Gasteiger partial charge in [0.1, 0.15) is 5.75 Å². The van der Waals surface area contributed by atoms with E-state index in [1.165, 1.54) is 11.3 Å². The van der Waals surface area contributed by atoms with E-state index in [0.717, 1.165) is 21.5 Å². The molecule has 0 unspecified atom stereocenters. The van der Waals surface area contributed by atoms with Crippen LogP contribution < -0.4 is 15.4 Å². The van der Waals surface area contributed by atoms with E-state index in [9.17, 15) is 9.59 Å². The zero-order valence-electron chi connectivity index (χ0n) is 13.4. The lowest BCUT2D eigenvalue weighted by atomic mass is 9.90. The Bertz CT molecular complexity index is 983. The molecule has 1 aliphatic rings. The summed E-state index contributed by atoms with van der Waals surface area (Å²) in [6.07, 6.45) is 0.127. The van der Waals surface area contributed by atoms with Gasteiger partial charge < -0.3 is 15.4 Å². The van der Waals surface area contributed by atoms with E-state index in [-0.39, 0.29) is 18.2 Å². The molecule has 4 rings (SSSR count). The second kappa shape index (κ2) is 6.18. The number of fused-ring (bicyclic) bond motifs is 2. The molecule has 0 saturated carbocycles. The topological polar surface area (TPSA) is 80.3 Å². The van der Waals surface area contributed by atoms with Crippen molar-refractivity contribution in [3.63, 3.8) is 0 Å². The van der Waals surface area contributed by atoms with Crippen molar-refractivity contribution in [3.8, 4) is 5.75 Å². The molecule has 25 heavy (non-hydrogen) atoms. The quantitative estimate of drug-likeness (QED) is 0.756. The van der Waals surface area contributed by atoms with Crippen molar-refractivity contribution in [1.29, 1.82) is 0 Å². The first kappa shape index (κ1) is 15.6. The maximum atomic E-state index is 12.7. The molecule has 2 amide bonds. The molecule has 0 bridgehead atoms. The zero-order chi connectivity index (χ0) is 17.4. The second-order valence-electron chi connectivity index (χ2n) is 5.73. The molecule has 7 heteroatoms. The molecule has 0 aliphatic carbocycles. The Morgan fingerprint density at radius 2 is 2.16 bits per heavy atom. The highest BCUT2D eigenvalue weighted by Crippen LogP contribution is 2.34. The second-order valence-corrected chi connectivity index (χ2v) is 6.76. The lowest BCUT2D eigenvalue weighted by Crippen LogP contribution is -2.30. The Labute approximate surface area is 147 Å². The molecule has 0 fully saturated rings. The fraction of sp³-hybridized carbons (Fsp3) is 0.167. The molecular weight excluding hydrogens is 338 g/mol. The van der Waals surface area contributed by atoms with Crippen molar-refractivity contribution in [2.75, 3.05) is 17.7 Å². The number of amides is 2. The number of carbonyl (C=O) groups is 2. The van der Waals surface area contributed by atoms with Crippen LogP contribution in [0.1, 0.15) is 17.9 Å². The molecule has 0 radical (unpaired) electrons. The van der Waals surface area contributed by atoms with Crippen LogP contribution in [-0.4, -0.2) is 23.9 Å². The SMILES string of the molecule is COc1ccc2nc(NC(=O)[C@H]3CC(=O)Nc4ccccc43)sc2c1. The number of ether oxygens (including phenoxy) is 1. The summed E-state index contributed by atoms with van der Waals surface area (Å²) in [6.45, 7) is 0. The summed E-state index contributed by atoms with van der Waals surface area (Å²) >= 11 is 1.38. The molecule has 126 valence electrons. The van der Waals surface area contributed by atoms with Crippen LogP contribution in [0.3, 0.4) is 0 Å². The summed E-state index contributed by atoms with van der Waals surface area (Å²) in [5.41, 5.74) is 2.30. The van der Waals surface area contributed by atoms with Crippen LogP contribution in [0.2, 0.25) is 0 Å². The number of hydrogen-bond donors (Lipinski definition) is 2. The molecule has 6 nitrogen and oxygen atoms in total. The lowest BCUT2D eigenvalue weighted by Gasteiger charge is -2.24. The van der Waals surface area contributed by atoms with Crippen LogP contribution in [0.5, 0.6) is 5.75 Å². The zero-order valence-corrected chi connectivity index (χ0v) is 14.2. The normalized spacial score (nSPS) is 16.2. The fourth-order valence-corrected chi connectivity index (χ4v) is 3.82. The van der Waals surface area contributed by atoms with Gasteiger partial charge in [0.2, 0.25) is 11.8 Å². The Hall–Kier alpha value is -2.93. The van der Waals surface area contributed by atoms with Crippen molar-refractivity contribution >= 4 is 44.2 Å². The van der Waals surface area contributed by atoms with Crippen molar-refractivity contribution in [3.05, 3.63) is 48.0 Å². The number of rotatable bonds is 3. The van der Waals surface area contributed by atoms with Crippen LogP contribution in [0.25, 0.3) is 10.2 Å². The maximum Gasteiger partial charge on any atom is 0.234 e. The monoisotopic (exact) mass is 353 g/mol. The number of carbonyl (C=O) groups excluding carboxylic acids is 2. The van der Waals surface area contributed by atoms with E-state index in [4.69, 9.17) is 4.74 Å². The average molecular weight is 353 g/mol. The highest BCUT2D eigenvalue weighted by atomic mass is 32.1. The third-order valence-electron chi connectivity index (χ3n) is 4.14. The Balaban J connectivity index is 1.61. The minimum absolute atomic E-state index is 0.127. The van der Waals surface area contributed by atoms with Gasteiger partial charge >= 0.3 is 0 Å². The number of hydrogen-bond acceptors (Lipinski definition) is 5. The first-order chi connectivity index (χ1) is 12.1. The first-order valence-corrected chi connectivity index (χ1v) is 8.60. The summed E-state index contributed by atoms with van der Waals surface area (Å²) in [5.74, 6) is -0.167. The number of benzene rings is 2. The van der Waals surface area contributed by atoms with Gasteiger partial charge in [0.25, 0.3) is 0 Å². The standard InChI is InChI=1S/C18H15N3O3S/c1-24-10-6-7-14-15(8-10)25-18(20-14)21-17(23)12-9-16(22)19-13-5-3-2-4-11(12)13/h2-8,12H,9H2,1H3,(H,19,22)(H,20,21,23)/t12-/m0/s1. The van der Waals surface area contributed by atoms with Crippen LogP contribution in [-0.2, 0) is 9.59 Å². The molecule has 1 aliphatic heterocycles. The first-order valence-electron chi connectivity index (χ1n) is 7.78. The molecule has 1 atom stereocenters. The van der Waals surface area contributed by atoms with E-state index in [1.54, 1.807) is 13.2 Å². The molecule has 0 spiro atoms. The van der Waals surface area contributed by atoms with Gasteiger partial charge in [-0.05, 0) is 29.8 Å². The van der Waals surface area contributed by atoms with Crippen molar-refractivity contribution in [2.24, 2.45) is 0 Å². The molecule has 2 aromatic carbocycles. The smallest absolute Gasteiger partial charge is 0.234 e. The molecule has 2 heterocycles. The number of anilines is 2. The number of nitrogens with zero attached hydrogens (tertiary/aromatic N) is 1. The number of methoxy groups -OCH3 is 1. The molecular formula is C18H15N3O3S. The van der Waals surface area contributed by atoms with E-state index in [0.29, 0.717) is 10.8 Å². The number of para-hydroxylation sites is 1. The minimum Gasteiger partial charge on any atom is -0.497 e. The minimum atomic E-state index is -0.522. The fourth-order valence-electron chi connectivity index (χ4n) is 2.92. The third kappa shape index (κ3) is 2.94. The van der Waals surface area contributed by atoms with Gasteiger partial charge in [0, 0.05) is 12.1 Å². The van der Waals surface area contributed by atoms with Gasteiger partial charge in [-0.3, -0.25) is 9.59 Å². The molecule has 3 aromatic rings. The summed E-state index contributed by atoms with van der Waals surface area (Å²) in [6, 6.07) is 12.9. The van der Waals surface area contributed by atoms with Crippen molar-refractivity contribution < 1.29 is 14.3 Å². The Kier molecular flexibility index (Phi) is 3.85. The Morgan fingerprint density at radius 1 is 1.32 bits per heavy atom. The van der Waals surface area contributed by atoms with Crippen LogP contribution in [0.4, 0.5) is 10.8 Å². The Morgan fingerprint density at radius 3 is 3.00 bits per heavy atom. The van der Waals surface area contributed by atoms with Gasteiger partial charge in [-0.1, -0.05) is 29.5 Å². The average Bonchev–Trinajstić information content (AvgIpc) is 3.01. The predicted molar refractivity (Wildman–Crippen MR) is 97.2 cm³/mol. The van der Waals surface area contributed by atoms with Crippen LogP contribution in [0.15, 0.2) is 42.5 Å². The van der Waals surface area contributed by atoms with E-state index in [2.05, 4.69) is 15.6 Å². The maximum absolute atomic E-state index is 12.7. The summed E-state index contributed by atoms with van der Waals surface area (Å²) in [7, 11) is 1.61. The van der Waals surface area contributed by atoms with Gasteiger partial charge in [-0.15, -0.1) is 0 Å². The molecule has 1 aromatic heterocycles. The number of nitrogens with one attached hydrogen (secondary N) is 2. The van der Waals surface area contributed by atoms with Crippen molar-refractivity contribution in [2.45, 2.75) is 12.3 Å². The van der Waals surface area contributed by atoms with Gasteiger partial charge in [0.15, 0.2) is 5.13 Å². The van der Waals surface area contributed by atoms with Gasteiger partial charge in [0.05, 0.1) is 23.2 Å². The summed E-state index contributed by atoms with van der Waals surface area (Å²) < 4.78 is 6.13. The van der Waals surface area contributed by atoms with Crippen LogP contribution >= 0.6 is 11.3 Å². The van der Waals surface area contributed by atoms with Gasteiger partial charge in [-0.25, -0.2) is 4.98 Å².